The van der Waals surface area contributed by atoms with E-state index in [1.54, 1.807) is 13.4 Å². The molecule has 3 rings (SSSR count). The van der Waals surface area contributed by atoms with E-state index in [0.717, 1.165) is 24.9 Å². The Bertz CT molecular complexity index is 722. The number of hydrogen-bond donors (Lipinski definition) is 2. The lowest BCUT2D eigenvalue weighted by Gasteiger charge is -2.22. The highest BCUT2D eigenvalue weighted by molar-refractivity contribution is 14.0. The van der Waals surface area contributed by atoms with Crippen LogP contribution in [-0.2, 0) is 13.6 Å². The molecule has 1 aromatic carbocycles. The van der Waals surface area contributed by atoms with Crippen molar-refractivity contribution in [1.29, 1.82) is 0 Å². The van der Waals surface area contributed by atoms with Crippen LogP contribution in [0.1, 0.15) is 37.2 Å². The molecule has 142 valence electrons. The van der Waals surface area contributed by atoms with Gasteiger partial charge < -0.3 is 20.1 Å². The van der Waals surface area contributed by atoms with Crippen molar-refractivity contribution in [3.63, 3.8) is 0 Å². The summed E-state index contributed by atoms with van der Waals surface area (Å²) in [4.78, 5) is 6.76. The van der Waals surface area contributed by atoms with E-state index in [-0.39, 0.29) is 30.0 Å². The first-order chi connectivity index (χ1) is 12.2. The van der Waals surface area contributed by atoms with Crippen LogP contribution in [0.2, 0.25) is 0 Å². The Morgan fingerprint density at radius 3 is 2.73 bits per heavy atom. The van der Waals surface area contributed by atoms with Gasteiger partial charge in [-0.15, -0.1) is 34.2 Å². The molecule has 0 spiro atoms. The van der Waals surface area contributed by atoms with E-state index in [2.05, 4.69) is 61.9 Å². The number of aliphatic imine (C=N–C) groups is 1. The molecule has 8 heteroatoms. The van der Waals surface area contributed by atoms with Gasteiger partial charge in [0, 0.05) is 32.9 Å². The van der Waals surface area contributed by atoms with E-state index < -0.39 is 0 Å². The van der Waals surface area contributed by atoms with Crippen LogP contribution in [0.25, 0.3) is 0 Å². The Hall–Kier alpha value is -1.84. The molecule has 1 saturated heterocycles. The van der Waals surface area contributed by atoms with Crippen molar-refractivity contribution in [1.82, 2.24) is 25.4 Å². The number of rotatable bonds is 5. The zero-order valence-electron chi connectivity index (χ0n) is 15.6. The molecule has 0 radical (unpaired) electrons. The average Bonchev–Trinajstić information content (AvgIpc) is 3.30. The van der Waals surface area contributed by atoms with Crippen molar-refractivity contribution in [3.8, 4) is 0 Å². The fourth-order valence-electron chi connectivity index (χ4n) is 3.08. The number of nitrogens with one attached hydrogen (secondary N) is 2. The minimum Gasteiger partial charge on any atom is -0.372 e. The Kier molecular flexibility index (Phi) is 7.67. The molecule has 0 amide bonds. The monoisotopic (exact) mass is 469 g/mol. The maximum Gasteiger partial charge on any atom is 0.191 e. The summed E-state index contributed by atoms with van der Waals surface area (Å²) in [6.07, 6.45) is 4.27. The lowest BCUT2D eigenvalue weighted by molar-refractivity contribution is 0.669. The largest absolute Gasteiger partial charge is 0.372 e. The van der Waals surface area contributed by atoms with Crippen LogP contribution in [0.4, 0.5) is 5.69 Å². The number of guanidine groups is 1. The number of anilines is 1. The van der Waals surface area contributed by atoms with Gasteiger partial charge in [0.2, 0.25) is 0 Å². The van der Waals surface area contributed by atoms with Gasteiger partial charge in [-0.3, -0.25) is 4.99 Å². The first-order valence-corrected chi connectivity index (χ1v) is 8.82. The molecule has 1 aliphatic heterocycles. The topological polar surface area (TPSA) is 70.4 Å². The molecule has 7 nitrogen and oxygen atoms in total. The first-order valence-electron chi connectivity index (χ1n) is 8.82. The number of halogens is 1. The van der Waals surface area contributed by atoms with Crippen molar-refractivity contribution in [2.75, 3.05) is 25.0 Å². The normalized spacial score (nSPS) is 15.5. The molecule has 26 heavy (non-hydrogen) atoms. The van der Waals surface area contributed by atoms with E-state index >= 15 is 0 Å². The zero-order chi connectivity index (χ0) is 17.6. The van der Waals surface area contributed by atoms with Gasteiger partial charge in [-0.2, -0.15) is 0 Å². The molecule has 2 heterocycles. The Balaban J connectivity index is 0.00000243. The smallest absolute Gasteiger partial charge is 0.191 e. The van der Waals surface area contributed by atoms with E-state index in [4.69, 9.17) is 0 Å². The van der Waals surface area contributed by atoms with Gasteiger partial charge in [0.25, 0.3) is 0 Å². The van der Waals surface area contributed by atoms with Crippen LogP contribution >= 0.6 is 24.0 Å². The number of benzene rings is 1. The second-order valence-electron chi connectivity index (χ2n) is 6.44. The fourth-order valence-corrected chi connectivity index (χ4v) is 3.08. The molecule has 1 fully saturated rings. The standard InChI is InChI=1S/C18H27N7.HI/c1-14(15-7-6-8-16(11-15)25-9-4-5-10-25)22-18(19-2)20-12-17-23-21-13-24(17)3;/h6-8,11,13-14H,4-5,9-10,12H2,1-3H3,(H2,19,20,22);1H. The van der Waals surface area contributed by atoms with Crippen LogP contribution in [-0.4, -0.2) is 40.9 Å². The summed E-state index contributed by atoms with van der Waals surface area (Å²) in [6.45, 7) is 5.05. The minimum absolute atomic E-state index is 0. The predicted octanol–water partition coefficient (Wildman–Crippen LogP) is 2.46. The molecule has 2 aromatic rings. The van der Waals surface area contributed by atoms with Gasteiger partial charge in [-0.25, -0.2) is 0 Å². The number of nitrogens with zero attached hydrogens (tertiary/aromatic N) is 5. The van der Waals surface area contributed by atoms with Crippen molar-refractivity contribution < 1.29 is 0 Å². The lowest BCUT2D eigenvalue weighted by Crippen LogP contribution is -2.38. The van der Waals surface area contributed by atoms with Crippen LogP contribution < -0.4 is 15.5 Å². The van der Waals surface area contributed by atoms with E-state index in [9.17, 15) is 0 Å². The minimum atomic E-state index is 0. The van der Waals surface area contributed by atoms with Gasteiger partial charge >= 0.3 is 0 Å². The molecule has 1 atom stereocenters. The molecule has 0 saturated carbocycles. The predicted molar refractivity (Wildman–Crippen MR) is 116 cm³/mol. The second-order valence-corrected chi connectivity index (χ2v) is 6.44. The summed E-state index contributed by atoms with van der Waals surface area (Å²) in [6, 6.07) is 8.93. The van der Waals surface area contributed by atoms with E-state index in [1.807, 2.05) is 11.6 Å². The van der Waals surface area contributed by atoms with Gasteiger partial charge in [0.05, 0.1) is 12.6 Å². The summed E-state index contributed by atoms with van der Waals surface area (Å²) < 4.78 is 1.89. The SMILES string of the molecule is CN=C(NCc1nncn1C)NC(C)c1cccc(N2CCCC2)c1.I. The van der Waals surface area contributed by atoms with Crippen molar-refractivity contribution >= 4 is 35.6 Å². The van der Waals surface area contributed by atoms with Crippen LogP contribution in [0.3, 0.4) is 0 Å². The number of hydrogen-bond acceptors (Lipinski definition) is 4. The maximum absolute atomic E-state index is 4.31. The van der Waals surface area contributed by atoms with Crippen LogP contribution in [0.15, 0.2) is 35.6 Å². The Labute approximate surface area is 172 Å². The van der Waals surface area contributed by atoms with E-state index in [1.165, 1.54) is 24.1 Å². The third-order valence-corrected chi connectivity index (χ3v) is 4.64. The van der Waals surface area contributed by atoms with Crippen LogP contribution in [0, 0.1) is 0 Å². The molecule has 1 unspecified atom stereocenters. The van der Waals surface area contributed by atoms with Crippen molar-refractivity contribution in [2.24, 2.45) is 12.0 Å². The van der Waals surface area contributed by atoms with Gasteiger partial charge in [-0.1, -0.05) is 12.1 Å². The van der Waals surface area contributed by atoms with E-state index in [0.29, 0.717) is 6.54 Å². The maximum atomic E-state index is 4.31. The molecular formula is C18H28IN7. The summed E-state index contributed by atoms with van der Waals surface area (Å²) >= 11 is 0. The Morgan fingerprint density at radius 2 is 2.08 bits per heavy atom. The number of aromatic nitrogens is 3. The average molecular weight is 469 g/mol. The van der Waals surface area contributed by atoms with Gasteiger partial charge in [0.1, 0.15) is 6.33 Å². The first kappa shape index (κ1) is 20.5. The van der Waals surface area contributed by atoms with Crippen LogP contribution in [0.5, 0.6) is 0 Å². The summed E-state index contributed by atoms with van der Waals surface area (Å²) in [5.41, 5.74) is 2.57. The summed E-state index contributed by atoms with van der Waals surface area (Å²) in [5, 5.41) is 14.7. The Morgan fingerprint density at radius 1 is 1.31 bits per heavy atom. The lowest BCUT2D eigenvalue weighted by atomic mass is 10.1. The molecule has 2 N–H and O–H groups in total. The second kappa shape index (κ2) is 9.75. The van der Waals surface area contributed by atoms with Gasteiger partial charge in [-0.05, 0) is 37.5 Å². The van der Waals surface area contributed by atoms with Crippen molar-refractivity contribution in [3.05, 3.63) is 42.0 Å². The fraction of sp³-hybridized carbons (Fsp3) is 0.500. The summed E-state index contributed by atoms with van der Waals surface area (Å²) in [5.74, 6) is 1.62. The molecule has 1 aliphatic rings. The molecule has 1 aromatic heterocycles. The third kappa shape index (κ3) is 5.09. The summed E-state index contributed by atoms with van der Waals surface area (Å²) in [7, 11) is 3.71. The highest BCUT2D eigenvalue weighted by atomic mass is 127. The van der Waals surface area contributed by atoms with Gasteiger partial charge in [0.15, 0.2) is 11.8 Å². The molecular weight excluding hydrogens is 441 g/mol. The molecule has 0 aliphatic carbocycles. The quantitative estimate of drug-likeness (QED) is 0.400. The number of aryl methyl sites for hydroxylation is 1. The van der Waals surface area contributed by atoms with Crippen molar-refractivity contribution in [2.45, 2.75) is 32.4 Å². The zero-order valence-corrected chi connectivity index (χ0v) is 18.0. The third-order valence-electron chi connectivity index (χ3n) is 4.64. The highest BCUT2D eigenvalue weighted by Crippen LogP contribution is 2.23. The highest BCUT2D eigenvalue weighted by Gasteiger charge is 2.14. The molecule has 0 bridgehead atoms.